The normalized spacial score (nSPS) is 28.3. The molecule has 46 heavy (non-hydrogen) atoms. The Labute approximate surface area is 271 Å². The molecule has 0 saturated heterocycles. The van der Waals surface area contributed by atoms with E-state index in [1.54, 1.807) is 0 Å². The van der Waals surface area contributed by atoms with E-state index in [9.17, 15) is 0 Å². The summed E-state index contributed by atoms with van der Waals surface area (Å²) in [5.41, 5.74) is 10.6. The zero-order valence-corrected chi connectivity index (χ0v) is 26.2. The Balaban J connectivity index is 1.05. The molecular weight excluding hydrogens is 560 g/mol. The van der Waals surface area contributed by atoms with Crippen molar-refractivity contribution >= 4 is 28.2 Å². The van der Waals surface area contributed by atoms with Gasteiger partial charge in [0.25, 0.3) is 0 Å². The molecule has 0 N–H and O–H groups in total. The number of hydrogen-bond donors (Lipinski definition) is 0. The summed E-state index contributed by atoms with van der Waals surface area (Å²) in [4.78, 5) is 7.76. The summed E-state index contributed by atoms with van der Waals surface area (Å²) in [6.07, 6.45) is 36.9. The Morgan fingerprint density at radius 2 is 1.61 bits per heavy atom. The van der Waals surface area contributed by atoms with E-state index in [4.69, 9.17) is 9.72 Å². The minimum atomic E-state index is 0.00150. The summed E-state index contributed by atoms with van der Waals surface area (Å²) in [5.74, 6) is 1.68. The lowest BCUT2D eigenvalue weighted by Crippen LogP contribution is -2.40. The Bertz CT molecular complexity index is 2090. The maximum Gasteiger partial charge on any atom is 0.128 e. The van der Waals surface area contributed by atoms with Crippen LogP contribution in [0.1, 0.15) is 24.5 Å². The highest BCUT2D eigenvalue weighted by atomic mass is 16.5. The molecule has 0 spiro atoms. The van der Waals surface area contributed by atoms with Gasteiger partial charge in [-0.25, -0.2) is 4.98 Å². The fourth-order valence-corrected chi connectivity index (χ4v) is 8.11. The van der Waals surface area contributed by atoms with Crippen molar-refractivity contribution in [3.63, 3.8) is 0 Å². The monoisotopic (exact) mass is 596 g/mol. The highest BCUT2D eigenvalue weighted by Gasteiger charge is 2.38. The van der Waals surface area contributed by atoms with E-state index in [0.717, 1.165) is 45.5 Å². The number of rotatable bonds is 3. The zero-order chi connectivity index (χ0) is 30.8. The Morgan fingerprint density at radius 3 is 2.52 bits per heavy atom. The fraction of sp³-hybridized carbons (Fsp3) is 0.186. The van der Waals surface area contributed by atoms with Gasteiger partial charge in [0.05, 0.1) is 22.9 Å². The summed E-state index contributed by atoms with van der Waals surface area (Å²) in [6, 6.07) is 17.8. The lowest BCUT2D eigenvalue weighted by atomic mass is 9.66. The lowest BCUT2D eigenvalue weighted by Gasteiger charge is -2.43. The third-order valence-electron chi connectivity index (χ3n) is 10.6. The van der Waals surface area contributed by atoms with E-state index in [1.807, 2.05) is 0 Å². The van der Waals surface area contributed by atoms with Crippen molar-refractivity contribution < 1.29 is 4.74 Å². The number of anilines is 1. The van der Waals surface area contributed by atoms with Crippen LogP contribution < -0.4 is 4.90 Å². The second-order valence-electron chi connectivity index (χ2n) is 13.3. The molecule has 5 unspecified atom stereocenters. The van der Waals surface area contributed by atoms with Crippen molar-refractivity contribution in [3.8, 4) is 11.3 Å². The summed E-state index contributed by atoms with van der Waals surface area (Å²) in [5, 5.41) is 1.15. The van der Waals surface area contributed by atoms with E-state index in [2.05, 4.69) is 165 Å². The van der Waals surface area contributed by atoms with Crippen LogP contribution in [0.15, 0.2) is 157 Å². The van der Waals surface area contributed by atoms with Gasteiger partial charge in [0.15, 0.2) is 0 Å². The molecule has 1 aromatic heterocycles. The molecule has 3 aromatic rings. The van der Waals surface area contributed by atoms with Crippen molar-refractivity contribution in [1.29, 1.82) is 0 Å². The average Bonchev–Trinajstić information content (AvgIpc) is 3.32. The van der Waals surface area contributed by atoms with Crippen LogP contribution in [0, 0.1) is 17.3 Å². The van der Waals surface area contributed by atoms with E-state index in [0.29, 0.717) is 11.8 Å². The minimum Gasteiger partial charge on any atom is -0.485 e. The van der Waals surface area contributed by atoms with Gasteiger partial charge >= 0.3 is 0 Å². The largest absolute Gasteiger partial charge is 0.485 e. The smallest absolute Gasteiger partial charge is 0.128 e. The quantitative estimate of drug-likeness (QED) is 0.301. The molecule has 6 aliphatic rings. The maximum absolute atomic E-state index is 6.53. The number of ether oxygens (including phenoxy) is 1. The number of benzene rings is 2. The number of hydrogen-bond acceptors (Lipinski definition) is 3. The minimum absolute atomic E-state index is 0.00150. The highest BCUT2D eigenvalue weighted by Crippen LogP contribution is 2.47. The first-order chi connectivity index (χ1) is 22.6. The van der Waals surface area contributed by atoms with Gasteiger partial charge in [0.1, 0.15) is 11.9 Å². The molecule has 3 heterocycles. The molecule has 4 aliphatic carbocycles. The molecule has 2 aliphatic heterocycles. The number of pyridine rings is 1. The third kappa shape index (κ3) is 4.22. The van der Waals surface area contributed by atoms with Crippen LogP contribution in [0.2, 0.25) is 0 Å². The molecule has 0 saturated carbocycles. The van der Waals surface area contributed by atoms with Gasteiger partial charge in [-0.15, -0.1) is 0 Å². The van der Waals surface area contributed by atoms with E-state index >= 15 is 0 Å². The fourth-order valence-electron chi connectivity index (χ4n) is 8.11. The van der Waals surface area contributed by atoms with Crippen LogP contribution in [-0.4, -0.2) is 24.2 Å². The molecular formula is C43H36N2O. The van der Waals surface area contributed by atoms with Crippen molar-refractivity contribution in [2.24, 2.45) is 17.3 Å². The Hall–Kier alpha value is -5.15. The SMILES string of the molecule is CN1c2c(ccc3ccc(-c4ccc(C5=CC=CCC6=C5OC5C=CC=CC65)cc4)nc23)C=CC1C1=CC=CC2(C)C=CC=CC12. The molecule has 3 heteroatoms. The van der Waals surface area contributed by atoms with Crippen molar-refractivity contribution in [2.75, 3.05) is 11.9 Å². The van der Waals surface area contributed by atoms with Gasteiger partial charge in [0, 0.05) is 40.8 Å². The second-order valence-corrected chi connectivity index (χ2v) is 13.3. The summed E-state index contributed by atoms with van der Waals surface area (Å²) in [6.45, 7) is 2.33. The number of allylic oxidation sites excluding steroid dienone is 13. The first kappa shape index (κ1) is 27.2. The molecule has 9 rings (SSSR count). The van der Waals surface area contributed by atoms with E-state index in [1.165, 1.54) is 22.4 Å². The molecule has 0 fully saturated rings. The standard InChI is InChI=1S/C43H36N2O/c1-43-26-8-7-14-36(43)35(13-9-27-43)38-25-23-31-21-20-30-22-24-37(44-40(30)41(31)45(38)2)29-18-16-28(17-19-29)32-10-3-4-12-34-33-11-5-6-15-39(33)46-42(32)34/h3-11,13-27,33,36,38-39H,12H2,1-2H3. The molecule has 0 bridgehead atoms. The molecule has 3 nitrogen and oxygen atoms in total. The molecule has 224 valence electrons. The summed E-state index contributed by atoms with van der Waals surface area (Å²) >= 11 is 0. The van der Waals surface area contributed by atoms with Gasteiger partial charge in [0.2, 0.25) is 0 Å². The molecule has 0 amide bonds. The summed E-state index contributed by atoms with van der Waals surface area (Å²) in [7, 11) is 2.22. The van der Waals surface area contributed by atoms with Crippen LogP contribution in [0.25, 0.3) is 33.8 Å². The van der Waals surface area contributed by atoms with Gasteiger partial charge < -0.3 is 9.64 Å². The number of fused-ring (bicyclic) bond motifs is 6. The van der Waals surface area contributed by atoms with E-state index in [-0.39, 0.29) is 17.6 Å². The number of nitrogens with zero attached hydrogens (tertiary/aromatic N) is 2. The zero-order valence-electron chi connectivity index (χ0n) is 26.2. The van der Waals surface area contributed by atoms with Gasteiger partial charge in [-0.3, -0.25) is 0 Å². The average molecular weight is 597 g/mol. The van der Waals surface area contributed by atoms with Crippen molar-refractivity contribution in [1.82, 2.24) is 4.98 Å². The predicted octanol–water partition coefficient (Wildman–Crippen LogP) is 9.72. The van der Waals surface area contributed by atoms with Crippen molar-refractivity contribution in [2.45, 2.75) is 25.5 Å². The van der Waals surface area contributed by atoms with Gasteiger partial charge in [-0.1, -0.05) is 141 Å². The van der Waals surface area contributed by atoms with Gasteiger partial charge in [-0.2, -0.15) is 0 Å². The summed E-state index contributed by atoms with van der Waals surface area (Å²) < 4.78 is 6.53. The molecule has 5 atom stereocenters. The van der Waals surface area contributed by atoms with Crippen LogP contribution in [-0.2, 0) is 4.74 Å². The maximum atomic E-state index is 6.53. The predicted molar refractivity (Wildman–Crippen MR) is 191 cm³/mol. The highest BCUT2D eigenvalue weighted by molar-refractivity contribution is 5.98. The Kier molecular flexibility index (Phi) is 6.18. The van der Waals surface area contributed by atoms with Crippen molar-refractivity contribution in [3.05, 3.63) is 168 Å². The van der Waals surface area contributed by atoms with Gasteiger partial charge in [-0.05, 0) is 40.8 Å². The number of likely N-dealkylation sites (N-methyl/N-ethyl adjacent to an activating group) is 1. The number of aromatic nitrogens is 1. The first-order valence-electron chi connectivity index (χ1n) is 16.4. The Morgan fingerprint density at radius 1 is 0.804 bits per heavy atom. The topological polar surface area (TPSA) is 25.4 Å². The second kappa shape index (κ2) is 10.5. The van der Waals surface area contributed by atoms with Crippen LogP contribution in [0.3, 0.4) is 0 Å². The van der Waals surface area contributed by atoms with Crippen LogP contribution >= 0.6 is 0 Å². The molecule has 0 radical (unpaired) electrons. The van der Waals surface area contributed by atoms with E-state index < -0.39 is 0 Å². The van der Waals surface area contributed by atoms with Crippen LogP contribution in [0.4, 0.5) is 5.69 Å². The van der Waals surface area contributed by atoms with Crippen LogP contribution in [0.5, 0.6) is 0 Å². The lowest BCUT2D eigenvalue weighted by molar-refractivity contribution is 0.176. The molecule has 2 aromatic carbocycles. The first-order valence-corrected chi connectivity index (χ1v) is 16.4. The third-order valence-corrected chi connectivity index (χ3v) is 10.6.